The van der Waals surface area contributed by atoms with Gasteiger partial charge in [0, 0.05) is 17.1 Å². The van der Waals surface area contributed by atoms with Crippen molar-refractivity contribution in [3.8, 4) is 5.75 Å². The van der Waals surface area contributed by atoms with Crippen LogP contribution in [-0.2, 0) is 20.7 Å². The van der Waals surface area contributed by atoms with Crippen LogP contribution in [0.5, 0.6) is 5.75 Å². The molecule has 2 aromatic rings. The van der Waals surface area contributed by atoms with Gasteiger partial charge in [-0.05, 0) is 43.2 Å². The zero-order chi connectivity index (χ0) is 18.2. The van der Waals surface area contributed by atoms with Crippen LogP contribution in [-0.4, -0.2) is 25.1 Å². The molecule has 5 nitrogen and oxygen atoms in total. The number of hydrogen-bond acceptors (Lipinski definition) is 4. The molecule has 132 valence electrons. The van der Waals surface area contributed by atoms with Crippen molar-refractivity contribution in [1.29, 1.82) is 0 Å². The number of para-hydroxylation sites is 1. The number of rotatable bonds is 7. The summed E-state index contributed by atoms with van der Waals surface area (Å²) in [5.74, 6) is -0.130. The van der Waals surface area contributed by atoms with E-state index in [0.29, 0.717) is 17.1 Å². The Balaban J connectivity index is 1.84. The Kier molecular flexibility index (Phi) is 6.83. The van der Waals surface area contributed by atoms with E-state index in [1.54, 1.807) is 31.4 Å². The van der Waals surface area contributed by atoms with Crippen molar-refractivity contribution in [3.05, 3.63) is 59.1 Å². The van der Waals surface area contributed by atoms with Gasteiger partial charge in [-0.1, -0.05) is 35.9 Å². The third-order valence-corrected chi connectivity index (χ3v) is 3.80. The van der Waals surface area contributed by atoms with E-state index in [1.807, 2.05) is 24.3 Å². The smallest absolute Gasteiger partial charge is 0.306 e. The normalized spacial score (nSPS) is 11.5. The summed E-state index contributed by atoms with van der Waals surface area (Å²) in [6.07, 6.45) is -0.259. The van der Waals surface area contributed by atoms with E-state index in [1.165, 1.54) is 6.92 Å². The molecule has 0 saturated carbocycles. The molecule has 25 heavy (non-hydrogen) atoms. The summed E-state index contributed by atoms with van der Waals surface area (Å²) in [4.78, 5) is 24.1. The van der Waals surface area contributed by atoms with Crippen molar-refractivity contribution in [3.63, 3.8) is 0 Å². The standard InChI is InChI=1S/C19H20ClNO4/c1-13(19(23)21-16-8-5-7-15(20)12-16)25-18(22)11-10-14-6-3-4-9-17(14)24-2/h3-9,12-13H,10-11H2,1-2H3,(H,21,23)/t13-/m1/s1. The second-order valence-electron chi connectivity index (χ2n) is 5.44. The highest BCUT2D eigenvalue weighted by molar-refractivity contribution is 6.30. The fourth-order valence-electron chi connectivity index (χ4n) is 2.27. The molecular formula is C19H20ClNO4. The van der Waals surface area contributed by atoms with Crippen molar-refractivity contribution < 1.29 is 19.1 Å². The highest BCUT2D eigenvalue weighted by Gasteiger charge is 2.18. The Labute approximate surface area is 151 Å². The zero-order valence-electron chi connectivity index (χ0n) is 14.1. The number of benzene rings is 2. The lowest BCUT2D eigenvalue weighted by Gasteiger charge is -2.14. The van der Waals surface area contributed by atoms with Crippen LogP contribution >= 0.6 is 11.6 Å². The van der Waals surface area contributed by atoms with Gasteiger partial charge in [0.1, 0.15) is 5.75 Å². The van der Waals surface area contributed by atoms with Crippen LogP contribution in [0.4, 0.5) is 5.69 Å². The maximum absolute atomic E-state index is 12.1. The van der Waals surface area contributed by atoms with E-state index < -0.39 is 18.0 Å². The number of nitrogens with one attached hydrogen (secondary N) is 1. The lowest BCUT2D eigenvalue weighted by atomic mass is 10.1. The van der Waals surface area contributed by atoms with Gasteiger partial charge in [-0.3, -0.25) is 9.59 Å². The minimum Gasteiger partial charge on any atom is -0.496 e. The first-order chi connectivity index (χ1) is 12.0. The van der Waals surface area contributed by atoms with Crippen LogP contribution in [0.1, 0.15) is 18.9 Å². The van der Waals surface area contributed by atoms with E-state index in [2.05, 4.69) is 5.32 Å². The molecule has 0 radical (unpaired) electrons. The van der Waals surface area contributed by atoms with Crippen molar-refractivity contribution in [2.24, 2.45) is 0 Å². The van der Waals surface area contributed by atoms with Crippen LogP contribution in [0, 0.1) is 0 Å². The summed E-state index contributed by atoms with van der Waals surface area (Å²) >= 11 is 5.87. The predicted molar refractivity (Wildman–Crippen MR) is 97.0 cm³/mol. The van der Waals surface area contributed by atoms with Crippen LogP contribution in [0.25, 0.3) is 0 Å². The van der Waals surface area contributed by atoms with Gasteiger partial charge in [-0.2, -0.15) is 0 Å². The first-order valence-corrected chi connectivity index (χ1v) is 8.25. The number of methoxy groups -OCH3 is 1. The molecule has 0 heterocycles. The summed E-state index contributed by atoms with van der Waals surface area (Å²) in [5, 5.41) is 3.17. The van der Waals surface area contributed by atoms with Crippen molar-refractivity contribution in [2.45, 2.75) is 25.9 Å². The van der Waals surface area contributed by atoms with Gasteiger partial charge < -0.3 is 14.8 Å². The molecule has 1 N–H and O–H groups in total. The van der Waals surface area contributed by atoms with Crippen molar-refractivity contribution in [2.75, 3.05) is 12.4 Å². The number of carbonyl (C=O) groups excluding carboxylic acids is 2. The molecule has 2 aromatic carbocycles. The SMILES string of the molecule is COc1ccccc1CCC(=O)O[C@H](C)C(=O)Nc1cccc(Cl)c1. The third-order valence-electron chi connectivity index (χ3n) is 3.56. The number of carbonyl (C=O) groups is 2. The molecular weight excluding hydrogens is 342 g/mol. The molecule has 1 atom stereocenters. The van der Waals surface area contributed by atoms with Gasteiger partial charge in [0.25, 0.3) is 5.91 Å². The molecule has 2 rings (SSSR count). The molecule has 0 aliphatic rings. The number of esters is 1. The molecule has 6 heteroatoms. The van der Waals surface area contributed by atoms with Gasteiger partial charge in [-0.15, -0.1) is 0 Å². The van der Waals surface area contributed by atoms with Crippen molar-refractivity contribution in [1.82, 2.24) is 0 Å². The Morgan fingerprint density at radius 2 is 1.92 bits per heavy atom. The topological polar surface area (TPSA) is 64.6 Å². The van der Waals surface area contributed by atoms with Gasteiger partial charge in [-0.25, -0.2) is 0 Å². The van der Waals surface area contributed by atoms with Gasteiger partial charge >= 0.3 is 5.97 Å². The number of anilines is 1. The maximum Gasteiger partial charge on any atom is 0.306 e. The van der Waals surface area contributed by atoms with E-state index in [-0.39, 0.29) is 6.42 Å². The zero-order valence-corrected chi connectivity index (χ0v) is 14.9. The second-order valence-corrected chi connectivity index (χ2v) is 5.88. The van der Waals surface area contributed by atoms with E-state index in [9.17, 15) is 9.59 Å². The first-order valence-electron chi connectivity index (χ1n) is 7.87. The summed E-state index contributed by atoms with van der Waals surface area (Å²) < 4.78 is 10.4. The van der Waals surface area contributed by atoms with Gasteiger partial charge in [0.15, 0.2) is 6.10 Å². The fourth-order valence-corrected chi connectivity index (χ4v) is 2.46. The molecule has 1 amide bonds. The molecule has 0 saturated heterocycles. The van der Waals surface area contributed by atoms with Crippen molar-refractivity contribution >= 4 is 29.2 Å². The minimum absolute atomic E-state index is 0.162. The Hall–Kier alpha value is -2.53. The highest BCUT2D eigenvalue weighted by atomic mass is 35.5. The summed E-state index contributed by atoms with van der Waals surface area (Å²) in [5.41, 5.74) is 1.47. The van der Waals surface area contributed by atoms with Crippen LogP contribution in [0.15, 0.2) is 48.5 Å². The number of amides is 1. The summed E-state index contributed by atoms with van der Waals surface area (Å²) in [6.45, 7) is 1.53. The lowest BCUT2D eigenvalue weighted by molar-refractivity contribution is -0.153. The maximum atomic E-state index is 12.1. The molecule has 0 aromatic heterocycles. The second kappa shape index (κ2) is 9.08. The Morgan fingerprint density at radius 3 is 2.64 bits per heavy atom. The van der Waals surface area contributed by atoms with E-state index >= 15 is 0 Å². The van der Waals surface area contributed by atoms with Crippen LogP contribution in [0.2, 0.25) is 5.02 Å². The first kappa shape index (κ1) is 18.8. The number of aryl methyl sites for hydroxylation is 1. The van der Waals surface area contributed by atoms with E-state index in [4.69, 9.17) is 21.1 Å². The average molecular weight is 362 g/mol. The number of halogens is 1. The molecule has 0 aliphatic carbocycles. The lowest BCUT2D eigenvalue weighted by Crippen LogP contribution is -2.30. The molecule has 0 spiro atoms. The third kappa shape index (κ3) is 5.80. The Morgan fingerprint density at radius 1 is 1.16 bits per heavy atom. The minimum atomic E-state index is -0.899. The summed E-state index contributed by atoms with van der Waals surface area (Å²) in [7, 11) is 1.58. The highest BCUT2D eigenvalue weighted by Crippen LogP contribution is 2.19. The monoisotopic (exact) mass is 361 g/mol. The number of hydrogen-bond donors (Lipinski definition) is 1. The Bertz CT molecular complexity index is 748. The number of ether oxygens (including phenoxy) is 2. The van der Waals surface area contributed by atoms with Gasteiger partial charge in [0.2, 0.25) is 0 Å². The van der Waals surface area contributed by atoms with E-state index in [0.717, 1.165) is 11.3 Å². The quantitative estimate of drug-likeness (QED) is 0.761. The van der Waals surface area contributed by atoms with Crippen LogP contribution < -0.4 is 10.1 Å². The average Bonchev–Trinajstić information content (AvgIpc) is 2.60. The molecule has 0 unspecified atom stereocenters. The predicted octanol–water partition coefficient (Wildman–Crippen LogP) is 3.85. The van der Waals surface area contributed by atoms with Crippen LogP contribution in [0.3, 0.4) is 0 Å². The molecule has 0 bridgehead atoms. The largest absolute Gasteiger partial charge is 0.496 e. The molecule has 0 fully saturated rings. The summed E-state index contributed by atoms with van der Waals surface area (Å²) in [6, 6.07) is 14.2. The molecule has 0 aliphatic heterocycles. The van der Waals surface area contributed by atoms with Gasteiger partial charge in [0.05, 0.1) is 7.11 Å². The fraction of sp³-hybridized carbons (Fsp3) is 0.263.